The molecule has 33 heavy (non-hydrogen) atoms. The molecule has 3 heterocycles. The third-order valence-corrected chi connectivity index (χ3v) is 7.34. The fraction of sp³-hybridized carbons (Fsp3) is 0.478. The van der Waals surface area contributed by atoms with Gasteiger partial charge in [0.15, 0.2) is 16.6 Å². The molecule has 5 rings (SSSR count). The number of esters is 1. The van der Waals surface area contributed by atoms with Crippen LogP contribution in [0.4, 0.5) is 5.13 Å². The van der Waals surface area contributed by atoms with Gasteiger partial charge in [0.2, 0.25) is 12.7 Å². The quantitative estimate of drug-likeness (QED) is 0.668. The van der Waals surface area contributed by atoms with Gasteiger partial charge in [0.25, 0.3) is 5.91 Å². The maximum atomic E-state index is 13.2. The topological polar surface area (TPSA) is 107 Å². The lowest BCUT2D eigenvalue weighted by molar-refractivity contribution is -0.151. The maximum absolute atomic E-state index is 13.2. The maximum Gasteiger partial charge on any atom is 0.309 e. The number of ether oxygens (including phenoxy) is 3. The first-order valence-corrected chi connectivity index (χ1v) is 12.0. The number of carbonyl (C=O) groups excluding carboxylic acids is 3. The minimum atomic E-state index is -0.299. The standard InChI is InChI=1S/C23H25N3O6S/c1-2-30-22(29)13-7-9-26(10-8-13)21(28)15-4-6-18-19(15)24-23(33-18)25-20(27)14-3-5-16-17(11-14)32-12-31-16/h3,5,11,13,15H,2,4,6-10,12H2,1H3,(H,24,25,27)/t15-/m0/s1. The van der Waals surface area contributed by atoms with Crippen LogP contribution >= 0.6 is 11.3 Å². The van der Waals surface area contributed by atoms with Gasteiger partial charge in [-0.1, -0.05) is 0 Å². The number of rotatable bonds is 5. The van der Waals surface area contributed by atoms with E-state index in [9.17, 15) is 14.4 Å². The van der Waals surface area contributed by atoms with Crippen LogP contribution < -0.4 is 14.8 Å². The molecule has 0 unspecified atom stereocenters. The molecule has 3 aliphatic rings. The number of fused-ring (bicyclic) bond motifs is 2. The smallest absolute Gasteiger partial charge is 0.309 e. The molecule has 1 saturated heterocycles. The Labute approximate surface area is 195 Å². The zero-order valence-corrected chi connectivity index (χ0v) is 19.1. The molecule has 1 N–H and O–H groups in total. The lowest BCUT2D eigenvalue weighted by atomic mass is 9.95. The van der Waals surface area contributed by atoms with Gasteiger partial charge in [-0.15, -0.1) is 11.3 Å². The van der Waals surface area contributed by atoms with Crippen molar-refractivity contribution < 1.29 is 28.6 Å². The summed E-state index contributed by atoms with van der Waals surface area (Å²) in [6.07, 6.45) is 2.74. The summed E-state index contributed by atoms with van der Waals surface area (Å²) < 4.78 is 15.7. The molecule has 1 fully saturated rings. The minimum absolute atomic E-state index is 0.0509. The summed E-state index contributed by atoms with van der Waals surface area (Å²) in [5.41, 5.74) is 1.21. The van der Waals surface area contributed by atoms with Crippen LogP contribution in [0.25, 0.3) is 0 Å². The lowest BCUT2D eigenvalue weighted by Crippen LogP contribution is -2.42. The van der Waals surface area contributed by atoms with Crippen molar-refractivity contribution in [2.75, 3.05) is 31.8 Å². The molecule has 2 amide bonds. The molecule has 10 heteroatoms. The van der Waals surface area contributed by atoms with Crippen LogP contribution in [-0.2, 0) is 20.7 Å². The molecule has 1 aliphatic carbocycles. The molecule has 1 atom stereocenters. The summed E-state index contributed by atoms with van der Waals surface area (Å²) in [6.45, 7) is 3.42. The molecule has 0 bridgehead atoms. The van der Waals surface area contributed by atoms with Gasteiger partial charge < -0.3 is 19.1 Å². The number of nitrogens with zero attached hydrogens (tertiary/aromatic N) is 2. The predicted molar refractivity (Wildman–Crippen MR) is 120 cm³/mol. The van der Waals surface area contributed by atoms with Crippen LogP contribution in [0.5, 0.6) is 11.5 Å². The summed E-state index contributed by atoms with van der Waals surface area (Å²) >= 11 is 1.42. The van der Waals surface area contributed by atoms with E-state index in [0.29, 0.717) is 54.7 Å². The molecule has 0 radical (unpaired) electrons. The average Bonchev–Trinajstić information content (AvgIpc) is 3.54. The van der Waals surface area contributed by atoms with Crippen LogP contribution in [0.2, 0.25) is 0 Å². The van der Waals surface area contributed by atoms with Crippen molar-refractivity contribution >= 4 is 34.3 Å². The van der Waals surface area contributed by atoms with Crippen LogP contribution in [0.15, 0.2) is 18.2 Å². The van der Waals surface area contributed by atoms with E-state index in [1.807, 2.05) is 4.90 Å². The van der Waals surface area contributed by atoms with Crippen molar-refractivity contribution in [3.63, 3.8) is 0 Å². The van der Waals surface area contributed by atoms with Gasteiger partial charge in [-0.25, -0.2) is 4.98 Å². The van der Waals surface area contributed by atoms with Crippen molar-refractivity contribution in [2.45, 2.75) is 38.5 Å². The molecule has 0 spiro atoms. The fourth-order valence-corrected chi connectivity index (χ4v) is 5.58. The highest BCUT2D eigenvalue weighted by molar-refractivity contribution is 7.16. The van der Waals surface area contributed by atoms with Crippen LogP contribution in [0.3, 0.4) is 0 Å². The molecule has 1 aromatic carbocycles. The van der Waals surface area contributed by atoms with E-state index in [-0.39, 0.29) is 36.4 Å². The number of hydrogen-bond donors (Lipinski definition) is 1. The fourth-order valence-electron chi connectivity index (χ4n) is 4.54. The summed E-state index contributed by atoms with van der Waals surface area (Å²) in [5, 5.41) is 3.33. The van der Waals surface area contributed by atoms with Gasteiger partial charge in [0.1, 0.15) is 0 Å². The number of piperidine rings is 1. The minimum Gasteiger partial charge on any atom is -0.466 e. The number of thiazole rings is 1. The number of nitrogens with one attached hydrogen (secondary N) is 1. The van der Waals surface area contributed by atoms with Crippen LogP contribution in [0.1, 0.15) is 53.0 Å². The highest BCUT2D eigenvalue weighted by Gasteiger charge is 2.37. The highest BCUT2D eigenvalue weighted by atomic mass is 32.1. The first kappa shape index (κ1) is 21.7. The van der Waals surface area contributed by atoms with E-state index in [0.717, 1.165) is 23.4 Å². The zero-order valence-electron chi connectivity index (χ0n) is 18.3. The molecule has 2 aliphatic heterocycles. The Morgan fingerprint density at radius 2 is 1.97 bits per heavy atom. The van der Waals surface area contributed by atoms with Gasteiger partial charge >= 0.3 is 5.97 Å². The number of amides is 2. The SMILES string of the molecule is CCOC(=O)C1CCN(C(=O)[C@H]2CCc3sc(NC(=O)c4ccc5c(c4)OCO5)nc32)CC1. The molecule has 174 valence electrons. The summed E-state index contributed by atoms with van der Waals surface area (Å²) in [7, 11) is 0. The van der Waals surface area contributed by atoms with Gasteiger partial charge in [0, 0.05) is 23.5 Å². The number of anilines is 1. The average molecular weight is 472 g/mol. The number of likely N-dealkylation sites (tertiary alicyclic amines) is 1. The number of aromatic nitrogens is 1. The normalized spacial score (nSPS) is 19.3. The molecule has 0 saturated carbocycles. The Hall–Kier alpha value is -3.14. The first-order valence-electron chi connectivity index (χ1n) is 11.2. The van der Waals surface area contributed by atoms with E-state index >= 15 is 0 Å². The predicted octanol–water partition coefficient (Wildman–Crippen LogP) is 2.96. The zero-order chi connectivity index (χ0) is 22.9. The Balaban J connectivity index is 1.22. The molecule has 2 aromatic rings. The second-order valence-corrected chi connectivity index (χ2v) is 9.38. The van der Waals surface area contributed by atoms with Crippen molar-refractivity contribution in [3.05, 3.63) is 34.3 Å². The number of benzene rings is 1. The van der Waals surface area contributed by atoms with Gasteiger partial charge in [0.05, 0.1) is 24.1 Å². The Kier molecular flexibility index (Phi) is 5.92. The Morgan fingerprint density at radius 1 is 1.18 bits per heavy atom. The molecular formula is C23H25N3O6S. The second-order valence-electron chi connectivity index (χ2n) is 8.29. The molecule has 1 aromatic heterocycles. The molecular weight excluding hydrogens is 446 g/mol. The molecule has 9 nitrogen and oxygen atoms in total. The summed E-state index contributed by atoms with van der Waals surface area (Å²) in [5.74, 6) is 0.320. The third kappa shape index (κ3) is 4.27. The van der Waals surface area contributed by atoms with Crippen LogP contribution in [0, 0.1) is 5.92 Å². The van der Waals surface area contributed by atoms with Crippen LogP contribution in [-0.4, -0.2) is 54.2 Å². The first-order chi connectivity index (χ1) is 16.0. The van der Waals surface area contributed by atoms with E-state index in [1.165, 1.54) is 11.3 Å². The highest BCUT2D eigenvalue weighted by Crippen LogP contribution is 2.40. The monoisotopic (exact) mass is 471 g/mol. The number of carbonyl (C=O) groups is 3. The third-order valence-electron chi connectivity index (χ3n) is 6.30. The van der Waals surface area contributed by atoms with Crippen molar-refractivity contribution in [1.82, 2.24) is 9.88 Å². The summed E-state index contributed by atoms with van der Waals surface area (Å²) in [4.78, 5) is 45.3. The number of hydrogen-bond acceptors (Lipinski definition) is 8. The number of aryl methyl sites for hydroxylation is 1. The van der Waals surface area contributed by atoms with Crippen molar-refractivity contribution in [2.24, 2.45) is 5.92 Å². The van der Waals surface area contributed by atoms with E-state index in [4.69, 9.17) is 14.2 Å². The Morgan fingerprint density at radius 3 is 2.76 bits per heavy atom. The van der Waals surface area contributed by atoms with Gasteiger partial charge in [-0.2, -0.15) is 0 Å². The van der Waals surface area contributed by atoms with Crippen molar-refractivity contribution in [1.29, 1.82) is 0 Å². The Bertz CT molecular complexity index is 1090. The summed E-state index contributed by atoms with van der Waals surface area (Å²) in [6, 6.07) is 5.03. The van der Waals surface area contributed by atoms with Gasteiger partial charge in [-0.3, -0.25) is 19.7 Å². The van der Waals surface area contributed by atoms with Gasteiger partial charge in [-0.05, 0) is 50.8 Å². The van der Waals surface area contributed by atoms with E-state index < -0.39 is 0 Å². The largest absolute Gasteiger partial charge is 0.466 e. The van der Waals surface area contributed by atoms with E-state index in [1.54, 1.807) is 25.1 Å². The van der Waals surface area contributed by atoms with E-state index in [2.05, 4.69) is 10.3 Å². The van der Waals surface area contributed by atoms with Crippen molar-refractivity contribution in [3.8, 4) is 11.5 Å². The lowest BCUT2D eigenvalue weighted by Gasteiger charge is -2.32. The second kappa shape index (κ2) is 9.01.